The zero-order valence-corrected chi connectivity index (χ0v) is 11.2. The van der Waals surface area contributed by atoms with Gasteiger partial charge in [-0.1, -0.05) is 29.3 Å². The summed E-state index contributed by atoms with van der Waals surface area (Å²) in [5.41, 5.74) is 6.49. The molecule has 0 bridgehead atoms. The number of nitrogens with two attached hydrogens (primary N) is 1. The third kappa shape index (κ3) is 5.41. The van der Waals surface area contributed by atoms with Crippen molar-refractivity contribution >= 4 is 35.0 Å². The first-order valence-corrected chi connectivity index (χ1v) is 6.94. The highest BCUT2D eigenvalue weighted by molar-refractivity contribution is 7.98. The van der Waals surface area contributed by atoms with E-state index in [0.717, 1.165) is 18.1 Å². The molecule has 16 heavy (non-hydrogen) atoms. The number of benzene rings is 1. The van der Waals surface area contributed by atoms with Crippen LogP contribution in [0, 0.1) is 0 Å². The molecule has 0 fully saturated rings. The summed E-state index contributed by atoms with van der Waals surface area (Å²) < 4.78 is 5.27. The van der Waals surface area contributed by atoms with Gasteiger partial charge < -0.3 is 10.5 Å². The van der Waals surface area contributed by atoms with Crippen molar-refractivity contribution in [3.8, 4) is 0 Å². The fraction of sp³-hybridized carbons (Fsp3) is 0.455. The van der Waals surface area contributed by atoms with Crippen LogP contribution in [0.5, 0.6) is 0 Å². The van der Waals surface area contributed by atoms with E-state index in [1.165, 1.54) is 5.56 Å². The normalized spacial score (nSPS) is 10.7. The number of rotatable bonds is 7. The molecule has 1 aromatic rings. The van der Waals surface area contributed by atoms with E-state index in [2.05, 4.69) is 0 Å². The summed E-state index contributed by atoms with van der Waals surface area (Å²) in [7, 11) is 0. The fourth-order valence-corrected chi connectivity index (χ4v) is 2.24. The van der Waals surface area contributed by atoms with Gasteiger partial charge in [0.15, 0.2) is 0 Å². The second-order valence-electron chi connectivity index (χ2n) is 3.20. The lowest BCUT2D eigenvalue weighted by Gasteiger charge is -2.04. The molecule has 0 atom stereocenters. The van der Waals surface area contributed by atoms with Crippen LogP contribution in [-0.2, 0) is 10.5 Å². The summed E-state index contributed by atoms with van der Waals surface area (Å²) in [6.07, 6.45) is 0. The van der Waals surface area contributed by atoms with Crippen LogP contribution in [0.25, 0.3) is 0 Å². The Balaban J connectivity index is 2.19. The average molecular weight is 280 g/mol. The van der Waals surface area contributed by atoms with E-state index in [4.69, 9.17) is 33.7 Å². The molecule has 1 rings (SSSR count). The molecule has 0 radical (unpaired) electrons. The highest BCUT2D eigenvalue weighted by Crippen LogP contribution is 2.24. The average Bonchev–Trinajstić information content (AvgIpc) is 2.28. The standard InChI is InChI=1S/C11H15Cl2NOS/c12-10-2-1-9(7-11(10)13)8-16-6-5-15-4-3-14/h1-2,7H,3-6,8,14H2. The lowest BCUT2D eigenvalue weighted by Crippen LogP contribution is -2.09. The first-order valence-electron chi connectivity index (χ1n) is 5.03. The van der Waals surface area contributed by atoms with E-state index in [0.29, 0.717) is 23.2 Å². The van der Waals surface area contributed by atoms with E-state index in [1.54, 1.807) is 11.8 Å². The molecular weight excluding hydrogens is 265 g/mol. The van der Waals surface area contributed by atoms with Gasteiger partial charge in [0.25, 0.3) is 0 Å². The summed E-state index contributed by atoms with van der Waals surface area (Å²) in [5.74, 6) is 1.88. The summed E-state index contributed by atoms with van der Waals surface area (Å²) in [6.45, 7) is 1.95. The zero-order valence-electron chi connectivity index (χ0n) is 8.92. The Kier molecular flexibility index (Phi) is 7.25. The molecule has 0 aliphatic carbocycles. The van der Waals surface area contributed by atoms with E-state index in [9.17, 15) is 0 Å². The molecule has 90 valence electrons. The highest BCUT2D eigenvalue weighted by atomic mass is 35.5. The summed E-state index contributed by atoms with van der Waals surface area (Å²) in [6, 6.07) is 5.71. The van der Waals surface area contributed by atoms with Crippen molar-refractivity contribution in [1.82, 2.24) is 0 Å². The Labute approximate surface area is 110 Å². The molecule has 0 aliphatic rings. The molecule has 0 aromatic heterocycles. The maximum Gasteiger partial charge on any atom is 0.0595 e. The minimum Gasteiger partial charge on any atom is -0.379 e. The maximum atomic E-state index is 5.92. The van der Waals surface area contributed by atoms with Gasteiger partial charge in [-0.2, -0.15) is 11.8 Å². The molecule has 1 aromatic carbocycles. The number of halogens is 2. The number of thioether (sulfide) groups is 1. The Morgan fingerprint density at radius 3 is 2.69 bits per heavy atom. The molecule has 2 N–H and O–H groups in total. The first kappa shape index (κ1) is 14.1. The van der Waals surface area contributed by atoms with Gasteiger partial charge >= 0.3 is 0 Å². The molecule has 0 spiro atoms. The van der Waals surface area contributed by atoms with Crippen molar-refractivity contribution < 1.29 is 4.74 Å². The second kappa shape index (κ2) is 8.20. The molecule has 0 heterocycles. The van der Waals surface area contributed by atoms with E-state index >= 15 is 0 Å². The van der Waals surface area contributed by atoms with Gasteiger partial charge in [0.1, 0.15) is 0 Å². The zero-order chi connectivity index (χ0) is 11.8. The predicted molar refractivity (Wildman–Crippen MR) is 72.5 cm³/mol. The topological polar surface area (TPSA) is 35.2 Å². The maximum absolute atomic E-state index is 5.92. The van der Waals surface area contributed by atoms with Gasteiger partial charge in [0.2, 0.25) is 0 Å². The Hall–Kier alpha value is 0.0700. The smallest absolute Gasteiger partial charge is 0.0595 e. The van der Waals surface area contributed by atoms with Crippen molar-refractivity contribution in [1.29, 1.82) is 0 Å². The van der Waals surface area contributed by atoms with Gasteiger partial charge in [-0.3, -0.25) is 0 Å². The minimum atomic E-state index is 0.581. The van der Waals surface area contributed by atoms with Crippen LogP contribution in [0.3, 0.4) is 0 Å². The predicted octanol–water partition coefficient (Wildman–Crippen LogP) is 3.20. The highest BCUT2D eigenvalue weighted by Gasteiger charge is 1.99. The second-order valence-corrected chi connectivity index (χ2v) is 5.12. The largest absolute Gasteiger partial charge is 0.379 e. The quantitative estimate of drug-likeness (QED) is 0.779. The summed E-state index contributed by atoms with van der Waals surface area (Å²) >= 11 is 13.5. The minimum absolute atomic E-state index is 0.581. The van der Waals surface area contributed by atoms with Crippen LogP contribution in [-0.4, -0.2) is 25.5 Å². The van der Waals surface area contributed by atoms with Crippen molar-refractivity contribution in [3.05, 3.63) is 33.8 Å². The molecule has 0 amide bonds. The van der Waals surface area contributed by atoms with E-state index < -0.39 is 0 Å². The Morgan fingerprint density at radius 1 is 1.19 bits per heavy atom. The van der Waals surface area contributed by atoms with Crippen molar-refractivity contribution in [2.24, 2.45) is 5.73 Å². The lowest BCUT2D eigenvalue weighted by molar-refractivity contribution is 0.158. The number of ether oxygens (including phenoxy) is 1. The molecule has 0 saturated heterocycles. The van der Waals surface area contributed by atoms with Crippen LogP contribution in [0.2, 0.25) is 10.0 Å². The van der Waals surface area contributed by atoms with E-state index in [1.807, 2.05) is 18.2 Å². The lowest BCUT2D eigenvalue weighted by atomic mass is 10.2. The van der Waals surface area contributed by atoms with Crippen LogP contribution < -0.4 is 5.73 Å². The third-order valence-corrected chi connectivity index (χ3v) is 3.62. The molecule has 0 aliphatic heterocycles. The van der Waals surface area contributed by atoms with Crippen molar-refractivity contribution in [2.75, 3.05) is 25.5 Å². The van der Waals surface area contributed by atoms with Gasteiger partial charge in [0.05, 0.1) is 23.3 Å². The molecule has 5 heteroatoms. The number of hydrogen-bond donors (Lipinski definition) is 1. The Morgan fingerprint density at radius 2 is 2.00 bits per heavy atom. The molecular formula is C11H15Cl2NOS. The van der Waals surface area contributed by atoms with Gasteiger partial charge in [-0.25, -0.2) is 0 Å². The molecule has 2 nitrogen and oxygen atoms in total. The molecule has 0 unspecified atom stereocenters. The van der Waals surface area contributed by atoms with Crippen molar-refractivity contribution in [2.45, 2.75) is 5.75 Å². The SMILES string of the molecule is NCCOCCSCc1ccc(Cl)c(Cl)c1. The monoisotopic (exact) mass is 279 g/mol. The number of hydrogen-bond acceptors (Lipinski definition) is 3. The van der Waals surface area contributed by atoms with Crippen molar-refractivity contribution in [3.63, 3.8) is 0 Å². The van der Waals surface area contributed by atoms with Crippen LogP contribution in [0.1, 0.15) is 5.56 Å². The summed E-state index contributed by atoms with van der Waals surface area (Å²) in [4.78, 5) is 0. The fourth-order valence-electron chi connectivity index (χ4n) is 1.12. The van der Waals surface area contributed by atoms with Crippen LogP contribution in [0.4, 0.5) is 0 Å². The first-order chi connectivity index (χ1) is 7.74. The van der Waals surface area contributed by atoms with E-state index in [-0.39, 0.29) is 0 Å². The van der Waals surface area contributed by atoms with Gasteiger partial charge in [-0.05, 0) is 17.7 Å². The van der Waals surface area contributed by atoms with Gasteiger partial charge in [0, 0.05) is 18.1 Å². The van der Waals surface area contributed by atoms with Crippen LogP contribution >= 0.6 is 35.0 Å². The van der Waals surface area contributed by atoms with Crippen LogP contribution in [0.15, 0.2) is 18.2 Å². The Bertz CT molecular complexity index is 323. The molecule has 0 saturated carbocycles. The van der Waals surface area contributed by atoms with Gasteiger partial charge in [-0.15, -0.1) is 0 Å². The summed E-state index contributed by atoms with van der Waals surface area (Å²) in [5, 5.41) is 1.21. The third-order valence-electron chi connectivity index (χ3n) is 1.89.